The highest BCUT2D eigenvalue weighted by atomic mass is 16.5. The smallest absolute Gasteiger partial charge is 0.264 e. The maximum absolute atomic E-state index is 13.2. The van der Waals surface area contributed by atoms with Gasteiger partial charge in [-0.2, -0.15) is 5.26 Å². The van der Waals surface area contributed by atoms with Crippen molar-refractivity contribution in [3.8, 4) is 6.07 Å². The Hall–Kier alpha value is -7.07. The van der Waals surface area contributed by atoms with E-state index in [-0.39, 0.29) is 75.8 Å². The molecule has 1 aromatic heterocycles. The number of pyridine rings is 1. The van der Waals surface area contributed by atoms with Crippen molar-refractivity contribution in [2.45, 2.75) is 18.9 Å². The second-order valence-corrected chi connectivity index (χ2v) is 12.6. The van der Waals surface area contributed by atoms with Gasteiger partial charge in [-0.3, -0.25) is 48.8 Å². The quantitative estimate of drug-likeness (QED) is 0.0762. The molecule has 0 aliphatic carbocycles. The van der Waals surface area contributed by atoms with Crippen molar-refractivity contribution in [3.05, 3.63) is 89.6 Å². The third kappa shape index (κ3) is 9.79. The van der Waals surface area contributed by atoms with Gasteiger partial charge in [0.15, 0.2) is 0 Å². The zero-order chi connectivity index (χ0) is 40.3. The van der Waals surface area contributed by atoms with Crippen molar-refractivity contribution in [1.29, 1.82) is 5.26 Å². The lowest BCUT2D eigenvalue weighted by Crippen LogP contribution is -2.54. The summed E-state index contributed by atoms with van der Waals surface area (Å²) in [6.07, 6.45) is 1.47. The van der Waals surface area contributed by atoms with Gasteiger partial charge >= 0.3 is 0 Å². The molecule has 18 heteroatoms. The SMILES string of the molecule is N#Cc1cnc2ccc(NC(=O)CNC(=O)COCCOCCOCC(=O)Nc3cccc4c3C(=O)N(C3CCC(=O)NC3=O)C4=O)cc2c1Nc1ccccc1. The first-order chi connectivity index (χ1) is 27.6. The lowest BCUT2D eigenvalue weighted by Gasteiger charge is -2.27. The lowest BCUT2D eigenvalue weighted by atomic mass is 10.0. The minimum atomic E-state index is -1.13. The number of nitrogens with one attached hydrogen (secondary N) is 5. The third-order valence-electron chi connectivity index (χ3n) is 8.71. The van der Waals surface area contributed by atoms with Crippen molar-refractivity contribution >= 4 is 75.0 Å². The molecule has 2 aliphatic heterocycles. The highest BCUT2D eigenvalue weighted by Crippen LogP contribution is 2.33. The van der Waals surface area contributed by atoms with Gasteiger partial charge in [0.25, 0.3) is 11.8 Å². The molecule has 5 N–H and O–H groups in total. The first-order valence-corrected chi connectivity index (χ1v) is 17.7. The van der Waals surface area contributed by atoms with Crippen LogP contribution in [0.25, 0.3) is 10.9 Å². The molecule has 0 bridgehead atoms. The molecule has 1 saturated heterocycles. The van der Waals surface area contributed by atoms with Gasteiger partial charge in [0.2, 0.25) is 29.5 Å². The number of fused-ring (bicyclic) bond motifs is 2. The van der Waals surface area contributed by atoms with Gasteiger partial charge in [-0.1, -0.05) is 24.3 Å². The van der Waals surface area contributed by atoms with Crippen LogP contribution in [0.15, 0.2) is 72.9 Å². The van der Waals surface area contributed by atoms with E-state index in [1.807, 2.05) is 30.3 Å². The number of piperidine rings is 1. The zero-order valence-corrected chi connectivity index (χ0v) is 30.3. The Morgan fingerprint density at radius 2 is 1.56 bits per heavy atom. The monoisotopic (exact) mass is 776 g/mol. The fraction of sp³-hybridized carbons (Fsp3) is 0.256. The van der Waals surface area contributed by atoms with Crippen LogP contribution in [0.3, 0.4) is 0 Å². The highest BCUT2D eigenvalue weighted by Gasteiger charge is 2.45. The average Bonchev–Trinajstić information content (AvgIpc) is 3.46. The van der Waals surface area contributed by atoms with E-state index < -0.39 is 47.4 Å². The molecule has 6 rings (SSSR count). The number of anilines is 4. The molecular formula is C39H36N8O10. The third-order valence-corrected chi connectivity index (χ3v) is 8.71. The summed E-state index contributed by atoms with van der Waals surface area (Å²) in [6, 6.07) is 19.8. The van der Waals surface area contributed by atoms with Crippen LogP contribution in [0.5, 0.6) is 0 Å². The summed E-state index contributed by atoms with van der Waals surface area (Å²) >= 11 is 0. The number of para-hydroxylation sites is 1. The summed E-state index contributed by atoms with van der Waals surface area (Å²) in [4.78, 5) is 92.5. The minimum Gasteiger partial charge on any atom is -0.377 e. The summed E-state index contributed by atoms with van der Waals surface area (Å²) in [5, 5.41) is 23.4. The Kier molecular flexibility index (Phi) is 12.9. The molecule has 0 radical (unpaired) electrons. The normalized spacial score (nSPS) is 14.8. The molecule has 7 amide bonds. The van der Waals surface area contributed by atoms with E-state index in [4.69, 9.17) is 14.2 Å². The molecule has 4 aromatic rings. The van der Waals surface area contributed by atoms with Crippen molar-refractivity contribution in [2.75, 3.05) is 62.1 Å². The van der Waals surface area contributed by atoms with Crippen LogP contribution in [-0.4, -0.2) is 103 Å². The van der Waals surface area contributed by atoms with Crippen molar-refractivity contribution in [2.24, 2.45) is 0 Å². The first-order valence-electron chi connectivity index (χ1n) is 17.7. The van der Waals surface area contributed by atoms with Crippen LogP contribution in [0, 0.1) is 11.3 Å². The van der Waals surface area contributed by atoms with E-state index in [0.29, 0.717) is 27.8 Å². The topological polar surface area (TPSA) is 247 Å². The van der Waals surface area contributed by atoms with Crippen molar-refractivity contribution in [3.63, 3.8) is 0 Å². The highest BCUT2D eigenvalue weighted by molar-refractivity contribution is 6.26. The number of imide groups is 2. The molecular weight excluding hydrogens is 740 g/mol. The molecule has 1 unspecified atom stereocenters. The second-order valence-electron chi connectivity index (χ2n) is 12.6. The Labute approximate surface area is 324 Å². The van der Waals surface area contributed by atoms with Gasteiger partial charge in [-0.25, -0.2) is 0 Å². The number of amides is 7. The molecule has 2 aliphatic rings. The van der Waals surface area contributed by atoms with Crippen LogP contribution < -0.4 is 26.6 Å². The molecule has 57 heavy (non-hydrogen) atoms. The number of benzene rings is 3. The van der Waals surface area contributed by atoms with Gasteiger partial charge in [0, 0.05) is 29.4 Å². The van der Waals surface area contributed by atoms with Gasteiger partial charge in [-0.15, -0.1) is 0 Å². The van der Waals surface area contributed by atoms with Gasteiger partial charge in [-0.05, 0) is 48.9 Å². The van der Waals surface area contributed by atoms with Crippen LogP contribution in [0.4, 0.5) is 22.7 Å². The zero-order valence-electron chi connectivity index (χ0n) is 30.3. The average molecular weight is 777 g/mol. The Morgan fingerprint density at radius 1 is 0.825 bits per heavy atom. The summed E-state index contributed by atoms with van der Waals surface area (Å²) in [7, 11) is 0. The summed E-state index contributed by atoms with van der Waals surface area (Å²) in [6.45, 7) is -0.693. The van der Waals surface area contributed by atoms with E-state index in [1.54, 1.807) is 18.2 Å². The van der Waals surface area contributed by atoms with E-state index >= 15 is 0 Å². The van der Waals surface area contributed by atoms with Crippen molar-refractivity contribution < 1.29 is 47.8 Å². The fourth-order valence-corrected chi connectivity index (χ4v) is 6.06. The Morgan fingerprint density at radius 3 is 2.30 bits per heavy atom. The predicted octanol–water partition coefficient (Wildman–Crippen LogP) is 1.99. The van der Waals surface area contributed by atoms with Gasteiger partial charge in [0.05, 0.1) is 66.6 Å². The lowest BCUT2D eigenvalue weighted by molar-refractivity contribution is -0.136. The molecule has 1 atom stereocenters. The fourth-order valence-electron chi connectivity index (χ4n) is 6.06. The van der Waals surface area contributed by atoms with Crippen LogP contribution in [-0.2, 0) is 38.2 Å². The number of hydrogen-bond acceptors (Lipinski definition) is 13. The van der Waals surface area contributed by atoms with E-state index in [2.05, 4.69) is 37.6 Å². The number of nitriles is 1. The number of carbonyl (C=O) groups is 7. The predicted molar refractivity (Wildman–Crippen MR) is 202 cm³/mol. The molecule has 292 valence electrons. The van der Waals surface area contributed by atoms with Gasteiger partial charge in [0.1, 0.15) is 25.3 Å². The van der Waals surface area contributed by atoms with E-state index in [9.17, 15) is 38.8 Å². The van der Waals surface area contributed by atoms with Crippen LogP contribution in [0.2, 0.25) is 0 Å². The summed E-state index contributed by atoms with van der Waals surface area (Å²) in [5.74, 6) is -4.26. The standard InChI is InChI=1S/C39H36N8O10/c40-18-23-19-41-28-10-9-25(17-27(28)36(23)44-24-5-2-1-3-6-24)43-32(49)20-42-33(50)21-56-15-13-55-14-16-57-22-34(51)45-29-8-4-7-26-35(29)39(54)47(38(26)53)30-11-12-31(48)46-37(30)52/h1-10,17,19,30H,11-16,20-22H2,(H,41,44)(H,42,50)(H,43,49)(H,45,51)(H,46,48,52). The molecule has 0 spiro atoms. The molecule has 18 nitrogen and oxygen atoms in total. The number of carbonyl (C=O) groups excluding carboxylic acids is 7. The minimum absolute atomic E-state index is 0.00553. The number of hydrogen-bond donors (Lipinski definition) is 5. The number of rotatable bonds is 17. The summed E-state index contributed by atoms with van der Waals surface area (Å²) in [5.41, 5.74) is 2.77. The summed E-state index contributed by atoms with van der Waals surface area (Å²) < 4.78 is 16.0. The number of ether oxygens (including phenoxy) is 3. The Bertz CT molecular complexity index is 2280. The van der Waals surface area contributed by atoms with Crippen LogP contribution in [0.1, 0.15) is 39.1 Å². The first kappa shape index (κ1) is 39.6. The molecule has 0 saturated carbocycles. The number of nitrogens with zero attached hydrogens (tertiary/aromatic N) is 3. The molecule has 3 heterocycles. The Balaban J connectivity index is 0.848. The molecule has 1 fully saturated rings. The van der Waals surface area contributed by atoms with Gasteiger partial charge < -0.3 is 35.5 Å². The largest absolute Gasteiger partial charge is 0.377 e. The number of aromatic nitrogens is 1. The van der Waals surface area contributed by atoms with Crippen LogP contribution >= 0.6 is 0 Å². The maximum atomic E-state index is 13.2. The van der Waals surface area contributed by atoms with E-state index in [0.717, 1.165) is 10.6 Å². The second kappa shape index (κ2) is 18.5. The van der Waals surface area contributed by atoms with Crippen molar-refractivity contribution in [1.82, 2.24) is 20.5 Å². The van der Waals surface area contributed by atoms with E-state index in [1.165, 1.54) is 24.4 Å². The maximum Gasteiger partial charge on any atom is 0.264 e. The molecule has 3 aromatic carbocycles.